The van der Waals surface area contributed by atoms with Crippen molar-refractivity contribution in [1.82, 2.24) is 14.8 Å². The third-order valence-corrected chi connectivity index (χ3v) is 13.9. The highest BCUT2D eigenvalue weighted by atomic mass is 15.1. The maximum absolute atomic E-state index is 4.36. The summed E-state index contributed by atoms with van der Waals surface area (Å²) < 4.78 is 0. The van der Waals surface area contributed by atoms with Gasteiger partial charge in [0.15, 0.2) is 0 Å². The zero-order valence-electron chi connectivity index (χ0n) is 53.0. The van der Waals surface area contributed by atoms with E-state index < -0.39 is 0 Å². The van der Waals surface area contributed by atoms with Gasteiger partial charge in [-0.3, -0.25) is 9.88 Å². The molecule has 0 amide bonds. The second-order valence-corrected chi connectivity index (χ2v) is 21.1. The Balaban J connectivity index is 0. The molecule has 0 aliphatic carbocycles. The summed E-state index contributed by atoms with van der Waals surface area (Å²) in [6.45, 7) is 52.3. The van der Waals surface area contributed by atoms with Gasteiger partial charge in [-0.05, 0) is 174 Å². The highest BCUT2D eigenvalue weighted by Gasteiger charge is 2.17. The van der Waals surface area contributed by atoms with Crippen molar-refractivity contribution in [2.24, 2.45) is 11.8 Å². The molecule has 428 valence electrons. The first-order valence-electron chi connectivity index (χ1n) is 30.9. The second-order valence-electron chi connectivity index (χ2n) is 21.1. The van der Waals surface area contributed by atoms with Gasteiger partial charge in [0.25, 0.3) is 0 Å². The molecule has 76 heavy (non-hydrogen) atoms. The average Bonchev–Trinajstić information content (AvgIpc) is 3.44. The minimum absolute atomic E-state index is 0.535. The van der Waals surface area contributed by atoms with Crippen LogP contribution in [0.3, 0.4) is 0 Å². The Hall–Kier alpha value is -4.47. The number of hydrogen-bond donors (Lipinski definition) is 0. The number of aromatic nitrogens is 1. The van der Waals surface area contributed by atoms with Gasteiger partial charge < -0.3 is 4.90 Å². The number of nitrogens with zero attached hydrogens (tertiary/aromatic N) is 3. The van der Waals surface area contributed by atoms with E-state index in [1.807, 2.05) is 24.5 Å². The average molecular weight is 1040 g/mol. The fraction of sp³-hybridized carbons (Fsp3) is 0.575. The number of aryl methyl sites for hydroxylation is 2. The Morgan fingerprint density at radius 1 is 0.513 bits per heavy atom. The molecule has 3 aromatic carbocycles. The highest BCUT2D eigenvalue weighted by Crippen LogP contribution is 2.28. The van der Waals surface area contributed by atoms with E-state index in [-0.39, 0.29) is 0 Å². The van der Waals surface area contributed by atoms with Gasteiger partial charge >= 0.3 is 0 Å². The molecule has 1 heterocycles. The Labute approximate surface area is 474 Å². The zero-order chi connectivity index (χ0) is 57.4. The number of hydrogen-bond acceptors (Lipinski definition) is 3. The van der Waals surface area contributed by atoms with Crippen LogP contribution < -0.4 is 0 Å². The molecule has 0 aliphatic rings. The molecule has 3 nitrogen and oxygen atoms in total. The summed E-state index contributed by atoms with van der Waals surface area (Å²) in [5.41, 5.74) is 12.8. The molecular weight excluding hydrogens is 919 g/mol. The summed E-state index contributed by atoms with van der Waals surface area (Å²) in [6.07, 6.45) is 27.7. The molecule has 0 saturated carbocycles. The van der Waals surface area contributed by atoms with Gasteiger partial charge in [-0.25, -0.2) is 0 Å². The van der Waals surface area contributed by atoms with Crippen LogP contribution in [-0.4, -0.2) is 47.5 Å². The van der Waals surface area contributed by atoms with Crippen LogP contribution in [0.25, 0.3) is 0 Å². The molecule has 4 rings (SSSR count). The maximum Gasteiger partial charge on any atom is 0.0270 e. The van der Waals surface area contributed by atoms with Crippen molar-refractivity contribution >= 4 is 0 Å². The first-order valence-corrected chi connectivity index (χ1v) is 30.9. The lowest BCUT2D eigenvalue weighted by atomic mass is 9.89. The predicted molar refractivity (Wildman–Crippen MR) is 346 cm³/mol. The van der Waals surface area contributed by atoms with Gasteiger partial charge in [0.2, 0.25) is 0 Å². The van der Waals surface area contributed by atoms with E-state index in [1.165, 1.54) is 153 Å². The summed E-state index contributed by atoms with van der Waals surface area (Å²) in [4.78, 5) is 8.97. The first kappa shape index (κ1) is 73.6. The van der Waals surface area contributed by atoms with E-state index in [9.17, 15) is 0 Å². The van der Waals surface area contributed by atoms with E-state index >= 15 is 0 Å². The number of rotatable bonds is 29. The summed E-state index contributed by atoms with van der Waals surface area (Å²) in [7, 11) is 0. The van der Waals surface area contributed by atoms with Crippen molar-refractivity contribution < 1.29 is 0 Å². The summed E-state index contributed by atoms with van der Waals surface area (Å²) in [5, 5.41) is 0. The summed E-state index contributed by atoms with van der Waals surface area (Å²) >= 11 is 0. The Kier molecular flexibility index (Phi) is 48.5. The van der Waals surface area contributed by atoms with Crippen LogP contribution in [0.5, 0.6) is 0 Å². The van der Waals surface area contributed by atoms with Crippen molar-refractivity contribution in [3.63, 3.8) is 0 Å². The summed E-state index contributed by atoms with van der Waals surface area (Å²) in [6, 6.07) is 34.4. The van der Waals surface area contributed by atoms with Crippen molar-refractivity contribution in [1.29, 1.82) is 0 Å². The first-order chi connectivity index (χ1) is 36.7. The van der Waals surface area contributed by atoms with Gasteiger partial charge in [-0.2, -0.15) is 0 Å². The van der Waals surface area contributed by atoms with E-state index in [2.05, 4.69) is 243 Å². The zero-order valence-corrected chi connectivity index (χ0v) is 53.0. The molecule has 3 heteroatoms. The largest absolute Gasteiger partial charge is 0.375 e. The monoisotopic (exact) mass is 1040 g/mol. The standard InChI is InChI=1S/C16H33N.C15H31N.C15H16.C11H16.C9H16.C7H9N/c1-6-10-16(11-7-2)15(5)14-17(12-8-3)13-9-4;1-6-10-15(11-7-2)14(5)16(12-8-3)13-9-4;1-2-15(13-9-5-3-6-10-13)14-11-7-4-8-12-14;1-4-10-5-7-11(8-6-10)9(2)3;1-5-7-9(6-2)8(3)4;1-2-7-3-5-8-6-4-7/h16H,5-14H2,1-4H3;15H,5-13H2,1-4H3;3-12,15H,2H2,1H3;5-9H,4H2,1-3H3;5,7H,6H2,1-4H3;3-6H,2H2,1H3/b;;;;7-5-;. The lowest BCUT2D eigenvalue weighted by molar-refractivity contribution is 0.284. The number of allylic oxidation sites excluding steroid dienone is 5. The van der Waals surface area contributed by atoms with Crippen LogP contribution in [0.15, 0.2) is 157 Å². The molecule has 0 atom stereocenters. The highest BCUT2D eigenvalue weighted by molar-refractivity contribution is 5.32. The van der Waals surface area contributed by atoms with Crippen LogP contribution in [-0.2, 0) is 12.8 Å². The maximum atomic E-state index is 4.36. The lowest BCUT2D eigenvalue weighted by Crippen LogP contribution is -2.29. The topological polar surface area (TPSA) is 19.4 Å². The normalized spacial score (nSPS) is 10.6. The second kappa shape index (κ2) is 50.1. The molecule has 0 unspecified atom stereocenters. The summed E-state index contributed by atoms with van der Waals surface area (Å²) in [5.74, 6) is 2.66. The van der Waals surface area contributed by atoms with Crippen LogP contribution in [0, 0.1) is 11.8 Å². The smallest absolute Gasteiger partial charge is 0.0270 e. The predicted octanol–water partition coefficient (Wildman–Crippen LogP) is 22.3. The third-order valence-electron chi connectivity index (χ3n) is 13.9. The molecule has 1 aromatic heterocycles. The van der Waals surface area contributed by atoms with E-state index in [4.69, 9.17) is 0 Å². The van der Waals surface area contributed by atoms with Gasteiger partial charge in [-0.15, -0.1) is 0 Å². The molecular formula is C73H121N3. The molecule has 0 radical (unpaired) electrons. The van der Waals surface area contributed by atoms with E-state index in [0.29, 0.717) is 17.8 Å². The lowest BCUT2D eigenvalue weighted by Gasteiger charge is -2.31. The minimum Gasteiger partial charge on any atom is -0.375 e. The van der Waals surface area contributed by atoms with Crippen molar-refractivity contribution in [2.45, 2.75) is 232 Å². The Morgan fingerprint density at radius 2 is 0.934 bits per heavy atom. The van der Waals surface area contributed by atoms with Gasteiger partial charge in [-0.1, -0.05) is 244 Å². The van der Waals surface area contributed by atoms with Crippen LogP contribution in [0.4, 0.5) is 0 Å². The van der Waals surface area contributed by atoms with Crippen molar-refractivity contribution in [2.75, 3.05) is 32.7 Å². The van der Waals surface area contributed by atoms with Gasteiger partial charge in [0, 0.05) is 43.6 Å². The van der Waals surface area contributed by atoms with Crippen LogP contribution in [0.2, 0.25) is 0 Å². The molecule has 0 fully saturated rings. The van der Waals surface area contributed by atoms with Crippen LogP contribution >= 0.6 is 0 Å². The third kappa shape index (κ3) is 35.0. The Bertz CT molecular complexity index is 1870. The molecule has 0 spiro atoms. The van der Waals surface area contributed by atoms with Gasteiger partial charge in [0.1, 0.15) is 0 Å². The SMILES string of the molecule is C/C=C\C(CC)=C(C)C.C=C(C(CCC)CCC)N(CCC)CCC.C=C(CN(CCC)CCC)C(CCC)CCC.CCC(c1ccccc1)c1ccccc1.CCc1ccc(C(C)C)cc1.CCc1ccncc1. The molecule has 0 aliphatic heterocycles. The molecule has 4 aromatic rings. The molecule has 0 N–H and O–H groups in total. The Morgan fingerprint density at radius 3 is 1.25 bits per heavy atom. The fourth-order valence-corrected chi connectivity index (χ4v) is 9.57. The van der Waals surface area contributed by atoms with E-state index in [0.717, 1.165) is 38.1 Å². The van der Waals surface area contributed by atoms with Crippen LogP contribution in [0.1, 0.15) is 247 Å². The minimum atomic E-state index is 0.535. The number of pyridine rings is 1. The van der Waals surface area contributed by atoms with Crippen molar-refractivity contribution in [3.8, 4) is 0 Å². The molecule has 0 saturated heterocycles. The van der Waals surface area contributed by atoms with Gasteiger partial charge in [0.05, 0.1) is 0 Å². The van der Waals surface area contributed by atoms with E-state index in [1.54, 1.807) is 0 Å². The quantitative estimate of drug-likeness (QED) is 0.0399. The fourth-order valence-electron chi connectivity index (χ4n) is 9.57. The van der Waals surface area contributed by atoms with Crippen molar-refractivity contribution in [3.05, 3.63) is 185 Å². The molecule has 0 bridgehead atoms. The number of benzene rings is 3.